The molecule has 23 heavy (non-hydrogen) atoms. The summed E-state index contributed by atoms with van der Waals surface area (Å²) in [7, 11) is 0. The zero-order chi connectivity index (χ0) is 17.2. The van der Waals surface area contributed by atoms with Gasteiger partial charge in [0.15, 0.2) is 0 Å². The molecular weight excluding hydrogens is 292 g/mol. The van der Waals surface area contributed by atoms with E-state index in [1.807, 2.05) is 24.3 Å². The standard InChI is InChI=1S/C19H30O4/c1-14(2)13-16(20)11-9-15-10-12-18(21)17(15)7-5-3-4-6-8-19(22)23/h3-4,9,11,14-17,20H,5-8,10,12-13H2,1-2H3,(H,22,23)/b4-3?,11-9+/t15-,16?,17-/m0/s1. The van der Waals surface area contributed by atoms with Gasteiger partial charge in [-0.15, -0.1) is 0 Å². The second kappa shape index (κ2) is 10.4. The number of Topliss-reactive ketones (excluding diaryl/α,β-unsaturated/α-hetero) is 1. The number of rotatable bonds is 10. The van der Waals surface area contributed by atoms with Crippen molar-refractivity contribution in [3.05, 3.63) is 24.3 Å². The van der Waals surface area contributed by atoms with Gasteiger partial charge >= 0.3 is 5.97 Å². The summed E-state index contributed by atoms with van der Waals surface area (Å²) in [5, 5.41) is 18.5. The van der Waals surface area contributed by atoms with Gasteiger partial charge in [-0.25, -0.2) is 0 Å². The van der Waals surface area contributed by atoms with Crippen molar-refractivity contribution in [2.75, 3.05) is 0 Å². The van der Waals surface area contributed by atoms with Crippen LogP contribution in [-0.2, 0) is 9.59 Å². The molecule has 1 fully saturated rings. The zero-order valence-electron chi connectivity index (χ0n) is 14.3. The summed E-state index contributed by atoms with van der Waals surface area (Å²) in [6, 6.07) is 0. The van der Waals surface area contributed by atoms with Crippen molar-refractivity contribution in [1.82, 2.24) is 0 Å². The molecule has 3 atom stereocenters. The van der Waals surface area contributed by atoms with E-state index in [4.69, 9.17) is 5.11 Å². The van der Waals surface area contributed by atoms with E-state index < -0.39 is 12.1 Å². The number of aliphatic hydroxyl groups excluding tert-OH is 1. The Hall–Kier alpha value is -1.42. The predicted molar refractivity (Wildman–Crippen MR) is 91.1 cm³/mol. The molecule has 0 saturated heterocycles. The summed E-state index contributed by atoms with van der Waals surface area (Å²) in [5.41, 5.74) is 0. The minimum atomic E-state index is -0.786. The van der Waals surface area contributed by atoms with E-state index in [-0.39, 0.29) is 18.3 Å². The minimum absolute atomic E-state index is 0.0432. The minimum Gasteiger partial charge on any atom is -0.481 e. The molecule has 0 bridgehead atoms. The van der Waals surface area contributed by atoms with Crippen molar-refractivity contribution in [2.24, 2.45) is 17.8 Å². The summed E-state index contributed by atoms with van der Waals surface area (Å²) in [5.74, 6) is 0.257. The highest BCUT2D eigenvalue weighted by Crippen LogP contribution is 2.33. The van der Waals surface area contributed by atoms with Gasteiger partial charge in [0.2, 0.25) is 0 Å². The number of hydrogen-bond donors (Lipinski definition) is 2. The Labute approximate surface area is 139 Å². The Morgan fingerprint density at radius 3 is 2.65 bits per heavy atom. The number of carboxylic acid groups (broad SMARTS) is 1. The third-order valence-electron chi connectivity index (χ3n) is 4.28. The predicted octanol–water partition coefficient (Wildman–Crippen LogP) is 3.75. The van der Waals surface area contributed by atoms with Crippen molar-refractivity contribution in [1.29, 1.82) is 0 Å². The fourth-order valence-electron chi connectivity index (χ4n) is 3.09. The number of aliphatic carboxylic acids is 1. The van der Waals surface area contributed by atoms with Gasteiger partial charge < -0.3 is 10.2 Å². The first-order chi connectivity index (χ1) is 10.9. The highest BCUT2D eigenvalue weighted by molar-refractivity contribution is 5.83. The lowest BCUT2D eigenvalue weighted by Gasteiger charge is -2.15. The molecule has 1 saturated carbocycles. The van der Waals surface area contributed by atoms with Crippen LogP contribution in [0.4, 0.5) is 0 Å². The van der Waals surface area contributed by atoms with Crippen LogP contribution in [0, 0.1) is 17.8 Å². The van der Waals surface area contributed by atoms with Crippen molar-refractivity contribution < 1.29 is 19.8 Å². The summed E-state index contributed by atoms with van der Waals surface area (Å²) in [6.07, 6.45) is 11.8. The van der Waals surface area contributed by atoms with Gasteiger partial charge in [0.05, 0.1) is 6.10 Å². The van der Waals surface area contributed by atoms with Crippen LogP contribution in [0.3, 0.4) is 0 Å². The highest BCUT2D eigenvalue weighted by Gasteiger charge is 2.32. The van der Waals surface area contributed by atoms with E-state index in [1.165, 1.54) is 0 Å². The van der Waals surface area contributed by atoms with E-state index in [0.717, 1.165) is 25.7 Å². The quantitative estimate of drug-likeness (QED) is 0.601. The average Bonchev–Trinajstić information content (AvgIpc) is 2.80. The van der Waals surface area contributed by atoms with Crippen LogP contribution in [0.25, 0.3) is 0 Å². The molecule has 0 aromatic carbocycles. The van der Waals surface area contributed by atoms with Gasteiger partial charge in [-0.2, -0.15) is 0 Å². The van der Waals surface area contributed by atoms with E-state index in [1.54, 1.807) is 0 Å². The number of ketones is 1. The largest absolute Gasteiger partial charge is 0.481 e. The Balaban J connectivity index is 2.40. The van der Waals surface area contributed by atoms with Crippen LogP contribution in [0.1, 0.15) is 58.8 Å². The second-order valence-corrected chi connectivity index (χ2v) is 6.84. The molecule has 0 amide bonds. The smallest absolute Gasteiger partial charge is 0.303 e. The van der Waals surface area contributed by atoms with Gasteiger partial charge in [0, 0.05) is 18.8 Å². The highest BCUT2D eigenvalue weighted by atomic mass is 16.4. The Morgan fingerprint density at radius 1 is 1.30 bits per heavy atom. The monoisotopic (exact) mass is 322 g/mol. The third-order valence-corrected chi connectivity index (χ3v) is 4.28. The summed E-state index contributed by atoms with van der Waals surface area (Å²) in [6.45, 7) is 4.16. The van der Waals surface area contributed by atoms with Crippen LogP contribution >= 0.6 is 0 Å². The molecule has 1 rings (SSSR count). The number of aliphatic hydroxyl groups is 1. The SMILES string of the molecule is CC(C)CC(O)/C=C/[C@H]1CCC(=O)[C@H]1CCC=CCCC(=O)O. The van der Waals surface area contributed by atoms with Gasteiger partial charge in [-0.1, -0.05) is 38.2 Å². The van der Waals surface area contributed by atoms with Crippen LogP contribution in [0.15, 0.2) is 24.3 Å². The molecule has 0 aromatic heterocycles. The Bertz CT molecular complexity index is 437. The molecule has 0 radical (unpaired) electrons. The number of allylic oxidation sites excluding steroid dienone is 3. The molecule has 0 heterocycles. The van der Waals surface area contributed by atoms with Crippen LogP contribution < -0.4 is 0 Å². The lowest BCUT2D eigenvalue weighted by atomic mass is 9.90. The topological polar surface area (TPSA) is 74.6 Å². The first-order valence-corrected chi connectivity index (χ1v) is 8.66. The molecule has 4 heteroatoms. The van der Waals surface area contributed by atoms with E-state index >= 15 is 0 Å². The fourth-order valence-corrected chi connectivity index (χ4v) is 3.09. The van der Waals surface area contributed by atoms with Crippen LogP contribution in [-0.4, -0.2) is 28.1 Å². The number of carbonyl (C=O) groups is 2. The summed E-state index contributed by atoms with van der Waals surface area (Å²) >= 11 is 0. The number of carbonyl (C=O) groups excluding carboxylic acids is 1. The van der Waals surface area contributed by atoms with Crippen molar-refractivity contribution in [3.8, 4) is 0 Å². The average molecular weight is 322 g/mol. The normalized spacial score (nSPS) is 23.4. The molecule has 1 aliphatic carbocycles. The van der Waals surface area contributed by atoms with E-state index in [9.17, 15) is 14.7 Å². The maximum absolute atomic E-state index is 12.0. The van der Waals surface area contributed by atoms with E-state index in [0.29, 0.717) is 24.5 Å². The molecule has 0 aromatic rings. The molecule has 0 aliphatic heterocycles. The number of hydrogen-bond acceptors (Lipinski definition) is 3. The van der Waals surface area contributed by atoms with Gasteiger partial charge in [0.1, 0.15) is 5.78 Å². The van der Waals surface area contributed by atoms with E-state index in [2.05, 4.69) is 13.8 Å². The molecule has 130 valence electrons. The van der Waals surface area contributed by atoms with Crippen molar-refractivity contribution >= 4 is 11.8 Å². The first-order valence-electron chi connectivity index (χ1n) is 8.66. The van der Waals surface area contributed by atoms with Gasteiger partial charge in [-0.3, -0.25) is 9.59 Å². The molecule has 1 aliphatic rings. The van der Waals surface area contributed by atoms with Crippen LogP contribution in [0.2, 0.25) is 0 Å². The van der Waals surface area contributed by atoms with Gasteiger partial charge in [0.25, 0.3) is 0 Å². The lowest BCUT2D eigenvalue weighted by Crippen LogP contribution is -2.14. The Kier molecular flexibility index (Phi) is 8.85. The maximum atomic E-state index is 12.0. The first kappa shape index (κ1) is 19.6. The molecule has 4 nitrogen and oxygen atoms in total. The van der Waals surface area contributed by atoms with Gasteiger partial charge in [-0.05, 0) is 43.9 Å². The van der Waals surface area contributed by atoms with Crippen molar-refractivity contribution in [3.63, 3.8) is 0 Å². The molecule has 2 N–H and O–H groups in total. The molecule has 0 spiro atoms. The third kappa shape index (κ3) is 8.12. The lowest BCUT2D eigenvalue weighted by molar-refractivity contribution is -0.136. The van der Waals surface area contributed by atoms with Crippen molar-refractivity contribution in [2.45, 2.75) is 64.9 Å². The second-order valence-electron chi connectivity index (χ2n) is 6.84. The molecule has 1 unspecified atom stereocenters. The zero-order valence-corrected chi connectivity index (χ0v) is 14.3. The summed E-state index contributed by atoms with van der Waals surface area (Å²) in [4.78, 5) is 22.4. The maximum Gasteiger partial charge on any atom is 0.303 e. The van der Waals surface area contributed by atoms with Crippen LogP contribution in [0.5, 0.6) is 0 Å². The number of carboxylic acids is 1. The Morgan fingerprint density at radius 2 is 2.00 bits per heavy atom. The summed E-state index contributed by atoms with van der Waals surface area (Å²) < 4.78 is 0. The fraction of sp³-hybridized carbons (Fsp3) is 0.684. The molecular formula is C19H30O4.